The van der Waals surface area contributed by atoms with Crippen LogP contribution in [0.3, 0.4) is 0 Å². The SMILES string of the molecule is CC1C(N)CCN1C(=O)c1ccccc1. The van der Waals surface area contributed by atoms with Gasteiger partial charge in [0, 0.05) is 24.2 Å². The van der Waals surface area contributed by atoms with E-state index in [0.29, 0.717) is 0 Å². The monoisotopic (exact) mass is 204 g/mol. The predicted molar refractivity (Wildman–Crippen MR) is 59.5 cm³/mol. The number of carbonyl (C=O) groups is 1. The molecule has 0 saturated carbocycles. The van der Waals surface area contributed by atoms with Crippen molar-refractivity contribution in [1.29, 1.82) is 0 Å². The van der Waals surface area contributed by atoms with Crippen LogP contribution in [0.2, 0.25) is 0 Å². The van der Waals surface area contributed by atoms with Crippen molar-refractivity contribution < 1.29 is 4.79 Å². The Morgan fingerprint density at radius 1 is 1.40 bits per heavy atom. The summed E-state index contributed by atoms with van der Waals surface area (Å²) in [5.41, 5.74) is 6.64. The molecule has 1 heterocycles. The van der Waals surface area contributed by atoms with Crippen LogP contribution in [0.5, 0.6) is 0 Å². The molecule has 0 aromatic heterocycles. The average molecular weight is 204 g/mol. The molecule has 2 N–H and O–H groups in total. The standard InChI is InChI=1S/C12H16N2O/c1-9-11(13)7-8-14(9)12(15)10-5-3-2-4-6-10/h2-6,9,11H,7-8,13H2,1H3. The van der Waals surface area contributed by atoms with Crippen LogP contribution in [-0.4, -0.2) is 29.4 Å². The van der Waals surface area contributed by atoms with Crippen LogP contribution in [0, 0.1) is 0 Å². The number of likely N-dealkylation sites (tertiary alicyclic amines) is 1. The zero-order chi connectivity index (χ0) is 10.8. The molecule has 80 valence electrons. The van der Waals surface area contributed by atoms with Gasteiger partial charge in [0.05, 0.1) is 0 Å². The molecule has 1 aliphatic heterocycles. The summed E-state index contributed by atoms with van der Waals surface area (Å²) in [6.45, 7) is 2.79. The van der Waals surface area contributed by atoms with Crippen molar-refractivity contribution in [2.24, 2.45) is 5.73 Å². The zero-order valence-electron chi connectivity index (χ0n) is 8.89. The van der Waals surface area contributed by atoms with Gasteiger partial charge in [-0.05, 0) is 25.5 Å². The van der Waals surface area contributed by atoms with Crippen LogP contribution in [0.4, 0.5) is 0 Å². The molecular weight excluding hydrogens is 188 g/mol. The highest BCUT2D eigenvalue weighted by Crippen LogP contribution is 2.18. The van der Waals surface area contributed by atoms with Crippen molar-refractivity contribution in [2.45, 2.75) is 25.4 Å². The maximum atomic E-state index is 12.1. The van der Waals surface area contributed by atoms with Crippen molar-refractivity contribution in [3.8, 4) is 0 Å². The number of carbonyl (C=O) groups excluding carboxylic acids is 1. The quantitative estimate of drug-likeness (QED) is 0.748. The van der Waals surface area contributed by atoms with E-state index in [2.05, 4.69) is 0 Å². The van der Waals surface area contributed by atoms with E-state index in [1.54, 1.807) is 0 Å². The van der Waals surface area contributed by atoms with E-state index in [1.165, 1.54) is 0 Å². The molecular formula is C12H16N2O. The molecule has 3 heteroatoms. The van der Waals surface area contributed by atoms with Crippen molar-refractivity contribution in [2.75, 3.05) is 6.54 Å². The summed E-state index contributed by atoms with van der Waals surface area (Å²) in [6.07, 6.45) is 0.903. The molecule has 1 aliphatic rings. The highest BCUT2D eigenvalue weighted by atomic mass is 16.2. The van der Waals surface area contributed by atoms with Crippen molar-refractivity contribution in [1.82, 2.24) is 4.90 Å². The van der Waals surface area contributed by atoms with Gasteiger partial charge in [-0.25, -0.2) is 0 Å². The Morgan fingerprint density at radius 3 is 2.60 bits per heavy atom. The Bertz CT molecular complexity index is 350. The molecule has 1 saturated heterocycles. The van der Waals surface area contributed by atoms with Crippen molar-refractivity contribution in [3.05, 3.63) is 35.9 Å². The van der Waals surface area contributed by atoms with E-state index in [4.69, 9.17) is 5.73 Å². The average Bonchev–Trinajstić information content (AvgIpc) is 2.60. The Morgan fingerprint density at radius 2 is 2.07 bits per heavy atom. The van der Waals surface area contributed by atoms with E-state index >= 15 is 0 Å². The third-order valence-corrected chi connectivity index (χ3v) is 3.10. The van der Waals surface area contributed by atoms with E-state index in [9.17, 15) is 4.79 Å². The summed E-state index contributed by atoms with van der Waals surface area (Å²) in [7, 11) is 0. The second-order valence-electron chi connectivity index (χ2n) is 4.06. The normalized spacial score (nSPS) is 25.6. The molecule has 0 spiro atoms. The van der Waals surface area contributed by atoms with Gasteiger partial charge in [-0.2, -0.15) is 0 Å². The summed E-state index contributed by atoms with van der Waals surface area (Å²) < 4.78 is 0. The largest absolute Gasteiger partial charge is 0.334 e. The fourth-order valence-corrected chi connectivity index (χ4v) is 2.00. The molecule has 0 aliphatic carbocycles. The van der Waals surface area contributed by atoms with Gasteiger partial charge in [-0.1, -0.05) is 18.2 Å². The molecule has 1 aromatic carbocycles. The smallest absolute Gasteiger partial charge is 0.254 e. The van der Waals surface area contributed by atoms with Gasteiger partial charge in [0.25, 0.3) is 5.91 Å². The topological polar surface area (TPSA) is 46.3 Å². The summed E-state index contributed by atoms with van der Waals surface area (Å²) in [5, 5.41) is 0. The number of amides is 1. The lowest BCUT2D eigenvalue weighted by Gasteiger charge is -2.23. The fraction of sp³-hybridized carbons (Fsp3) is 0.417. The van der Waals surface area contributed by atoms with Gasteiger partial charge in [-0.3, -0.25) is 4.79 Å². The van der Waals surface area contributed by atoms with Crippen molar-refractivity contribution >= 4 is 5.91 Å². The van der Waals surface area contributed by atoms with Gasteiger partial charge < -0.3 is 10.6 Å². The molecule has 2 atom stereocenters. The fourth-order valence-electron chi connectivity index (χ4n) is 2.00. The summed E-state index contributed by atoms with van der Waals surface area (Å²) >= 11 is 0. The van der Waals surface area contributed by atoms with Gasteiger partial charge >= 0.3 is 0 Å². The molecule has 3 nitrogen and oxygen atoms in total. The van der Waals surface area contributed by atoms with Crippen LogP contribution < -0.4 is 5.73 Å². The van der Waals surface area contributed by atoms with Crippen LogP contribution >= 0.6 is 0 Å². The lowest BCUT2D eigenvalue weighted by molar-refractivity contribution is 0.0742. The second kappa shape index (κ2) is 4.03. The van der Waals surface area contributed by atoms with Gasteiger partial charge in [0.1, 0.15) is 0 Å². The molecule has 1 aromatic rings. The predicted octanol–water partition coefficient (Wildman–Crippen LogP) is 1.25. The first-order valence-corrected chi connectivity index (χ1v) is 5.32. The first-order valence-electron chi connectivity index (χ1n) is 5.32. The Balaban J connectivity index is 2.16. The first-order chi connectivity index (χ1) is 7.20. The minimum atomic E-state index is 0.0936. The zero-order valence-corrected chi connectivity index (χ0v) is 8.89. The first kappa shape index (κ1) is 10.2. The van der Waals surface area contributed by atoms with Crippen LogP contribution in [0.1, 0.15) is 23.7 Å². The Kier molecular flexibility index (Phi) is 2.73. The highest BCUT2D eigenvalue weighted by molar-refractivity contribution is 5.94. The Labute approximate surface area is 89.9 Å². The highest BCUT2D eigenvalue weighted by Gasteiger charge is 2.31. The molecule has 1 fully saturated rings. The third kappa shape index (κ3) is 1.88. The van der Waals surface area contributed by atoms with E-state index in [1.807, 2.05) is 42.2 Å². The summed E-state index contributed by atoms with van der Waals surface area (Å²) in [5.74, 6) is 0.0936. The number of benzene rings is 1. The summed E-state index contributed by atoms with van der Waals surface area (Å²) in [6, 6.07) is 9.64. The molecule has 2 rings (SSSR count). The molecule has 0 bridgehead atoms. The van der Waals surface area contributed by atoms with E-state index in [0.717, 1.165) is 18.5 Å². The minimum Gasteiger partial charge on any atom is -0.334 e. The van der Waals surface area contributed by atoms with Crippen LogP contribution in [-0.2, 0) is 0 Å². The molecule has 1 amide bonds. The number of hydrogen-bond acceptors (Lipinski definition) is 2. The minimum absolute atomic E-state index is 0.0936. The Hall–Kier alpha value is -1.35. The number of nitrogens with zero attached hydrogens (tertiary/aromatic N) is 1. The van der Waals surface area contributed by atoms with Crippen LogP contribution in [0.15, 0.2) is 30.3 Å². The van der Waals surface area contributed by atoms with Crippen molar-refractivity contribution in [3.63, 3.8) is 0 Å². The maximum Gasteiger partial charge on any atom is 0.254 e. The van der Waals surface area contributed by atoms with Gasteiger partial charge in [-0.15, -0.1) is 0 Å². The molecule has 15 heavy (non-hydrogen) atoms. The van der Waals surface area contributed by atoms with E-state index in [-0.39, 0.29) is 18.0 Å². The number of nitrogens with two attached hydrogens (primary N) is 1. The number of rotatable bonds is 1. The molecule has 2 unspecified atom stereocenters. The third-order valence-electron chi connectivity index (χ3n) is 3.10. The van der Waals surface area contributed by atoms with Crippen LogP contribution in [0.25, 0.3) is 0 Å². The summed E-state index contributed by atoms with van der Waals surface area (Å²) in [4.78, 5) is 13.9. The lowest BCUT2D eigenvalue weighted by atomic mass is 10.1. The maximum absolute atomic E-state index is 12.1. The van der Waals surface area contributed by atoms with Gasteiger partial charge in [0.15, 0.2) is 0 Å². The molecule has 0 radical (unpaired) electrons. The van der Waals surface area contributed by atoms with Gasteiger partial charge in [0.2, 0.25) is 0 Å². The van der Waals surface area contributed by atoms with E-state index < -0.39 is 0 Å². The second-order valence-corrected chi connectivity index (χ2v) is 4.06. The lowest BCUT2D eigenvalue weighted by Crippen LogP contribution is -2.40. The number of hydrogen-bond donors (Lipinski definition) is 1.